The van der Waals surface area contributed by atoms with Gasteiger partial charge < -0.3 is 10.5 Å². The minimum atomic E-state index is -0.385. The Morgan fingerprint density at radius 2 is 2.54 bits per heavy atom. The van der Waals surface area contributed by atoms with E-state index in [9.17, 15) is 4.79 Å². The first-order valence-corrected chi connectivity index (χ1v) is 4.63. The zero-order chi connectivity index (χ0) is 9.84. The average molecular weight is 197 g/mol. The van der Waals surface area contributed by atoms with Gasteiger partial charge in [-0.3, -0.25) is 0 Å². The number of methoxy groups -OCH3 is 1. The summed E-state index contributed by atoms with van der Waals surface area (Å²) in [5.41, 5.74) is 6.69. The fourth-order valence-electron chi connectivity index (χ4n) is 0.964. The zero-order valence-corrected chi connectivity index (χ0v) is 8.19. The maximum atomic E-state index is 11.1. The number of hydrogen-bond acceptors (Lipinski definition) is 4. The van der Waals surface area contributed by atoms with Gasteiger partial charge in [0.15, 0.2) is 0 Å². The molecule has 0 aromatic carbocycles. The highest BCUT2D eigenvalue weighted by molar-refractivity contribution is 7.10. The van der Waals surface area contributed by atoms with Crippen molar-refractivity contribution in [1.29, 1.82) is 0 Å². The molecule has 0 unspecified atom stereocenters. The van der Waals surface area contributed by atoms with Crippen LogP contribution in [-0.4, -0.2) is 13.1 Å². The van der Waals surface area contributed by atoms with Crippen LogP contribution in [0.3, 0.4) is 0 Å². The number of carbonyl (C=O) groups excluding carboxylic acids is 1. The monoisotopic (exact) mass is 197 g/mol. The molecule has 4 heteroatoms. The van der Waals surface area contributed by atoms with Gasteiger partial charge in [0.1, 0.15) is 0 Å². The van der Waals surface area contributed by atoms with Crippen molar-refractivity contribution in [3.8, 4) is 0 Å². The van der Waals surface area contributed by atoms with E-state index in [-0.39, 0.29) is 5.97 Å². The van der Waals surface area contributed by atoms with E-state index in [1.165, 1.54) is 18.4 Å². The van der Waals surface area contributed by atoms with Crippen molar-refractivity contribution in [3.05, 3.63) is 28.5 Å². The summed E-state index contributed by atoms with van der Waals surface area (Å²) in [4.78, 5) is 12.1. The third-order valence-electron chi connectivity index (χ3n) is 1.64. The number of rotatable bonds is 3. The van der Waals surface area contributed by atoms with Gasteiger partial charge in [-0.2, -0.15) is 0 Å². The minimum Gasteiger partial charge on any atom is -0.465 e. The van der Waals surface area contributed by atoms with E-state index in [0.717, 1.165) is 4.88 Å². The maximum Gasteiger partial charge on any atom is 0.340 e. The number of ether oxygens (including phenoxy) is 1. The third kappa shape index (κ3) is 1.89. The Labute approximate surface area is 80.8 Å². The normalized spacial score (nSPS) is 9.62. The first-order valence-electron chi connectivity index (χ1n) is 3.75. The van der Waals surface area contributed by atoms with Crippen LogP contribution in [0.25, 0.3) is 0 Å². The first-order chi connectivity index (χ1) is 6.20. The van der Waals surface area contributed by atoms with Gasteiger partial charge in [-0.25, -0.2) is 4.79 Å². The van der Waals surface area contributed by atoms with Gasteiger partial charge in [-0.05, 0) is 0 Å². The zero-order valence-electron chi connectivity index (χ0n) is 7.37. The van der Waals surface area contributed by atoms with Crippen molar-refractivity contribution >= 4 is 23.0 Å². The van der Waals surface area contributed by atoms with E-state index in [1.54, 1.807) is 11.5 Å². The summed E-state index contributed by atoms with van der Waals surface area (Å²) in [5.74, 6) is -0.385. The van der Waals surface area contributed by atoms with Gasteiger partial charge in [-0.15, -0.1) is 17.9 Å². The number of anilines is 1. The van der Waals surface area contributed by atoms with Gasteiger partial charge in [-0.1, -0.05) is 6.08 Å². The average Bonchev–Trinajstić information content (AvgIpc) is 2.48. The SMILES string of the molecule is C=CCc1scc(C(=O)OC)c1N. The number of thiophene rings is 1. The van der Waals surface area contributed by atoms with Gasteiger partial charge >= 0.3 is 5.97 Å². The van der Waals surface area contributed by atoms with Crippen molar-refractivity contribution in [3.63, 3.8) is 0 Å². The van der Waals surface area contributed by atoms with Crippen LogP contribution in [0.2, 0.25) is 0 Å². The van der Waals surface area contributed by atoms with Gasteiger partial charge in [0.05, 0.1) is 18.4 Å². The molecule has 0 amide bonds. The summed E-state index contributed by atoms with van der Waals surface area (Å²) in [6.07, 6.45) is 2.44. The molecule has 0 aliphatic heterocycles. The van der Waals surface area contributed by atoms with E-state index >= 15 is 0 Å². The number of allylic oxidation sites excluding steroid dienone is 1. The van der Waals surface area contributed by atoms with Gasteiger partial charge in [0.25, 0.3) is 0 Å². The van der Waals surface area contributed by atoms with Crippen molar-refractivity contribution < 1.29 is 9.53 Å². The topological polar surface area (TPSA) is 52.3 Å². The molecule has 1 aromatic heterocycles. The molecule has 2 N–H and O–H groups in total. The van der Waals surface area contributed by atoms with Crippen LogP contribution in [0.5, 0.6) is 0 Å². The predicted octanol–water partition coefficient (Wildman–Crippen LogP) is 1.85. The number of hydrogen-bond donors (Lipinski definition) is 1. The first kappa shape index (κ1) is 9.80. The summed E-state index contributed by atoms with van der Waals surface area (Å²) in [5, 5.41) is 1.71. The second-order valence-electron chi connectivity index (χ2n) is 2.47. The Hall–Kier alpha value is -1.29. The summed E-state index contributed by atoms with van der Waals surface area (Å²) in [7, 11) is 1.34. The molecule has 1 heterocycles. The largest absolute Gasteiger partial charge is 0.465 e. The lowest BCUT2D eigenvalue weighted by atomic mass is 10.2. The van der Waals surface area contributed by atoms with Crippen LogP contribution in [0.15, 0.2) is 18.0 Å². The van der Waals surface area contributed by atoms with E-state index in [4.69, 9.17) is 5.73 Å². The van der Waals surface area contributed by atoms with Crippen LogP contribution < -0.4 is 5.73 Å². The lowest BCUT2D eigenvalue weighted by Crippen LogP contribution is -2.03. The molecule has 13 heavy (non-hydrogen) atoms. The van der Waals surface area contributed by atoms with Crippen molar-refractivity contribution in [2.45, 2.75) is 6.42 Å². The molecule has 70 valence electrons. The van der Waals surface area contributed by atoms with E-state index < -0.39 is 0 Å². The van der Waals surface area contributed by atoms with Crippen LogP contribution >= 0.6 is 11.3 Å². The summed E-state index contributed by atoms with van der Waals surface area (Å²) < 4.78 is 4.57. The third-order valence-corrected chi connectivity index (χ3v) is 2.67. The molecule has 0 saturated heterocycles. The number of nitrogens with two attached hydrogens (primary N) is 1. The fraction of sp³-hybridized carbons (Fsp3) is 0.222. The van der Waals surface area contributed by atoms with Crippen LogP contribution in [0, 0.1) is 0 Å². The van der Waals surface area contributed by atoms with E-state index in [1.807, 2.05) is 0 Å². The number of esters is 1. The molecular weight excluding hydrogens is 186 g/mol. The van der Waals surface area contributed by atoms with Crippen LogP contribution in [-0.2, 0) is 11.2 Å². The molecule has 1 aromatic rings. The highest BCUT2D eigenvalue weighted by atomic mass is 32.1. The fourth-order valence-corrected chi connectivity index (χ4v) is 1.90. The van der Waals surface area contributed by atoms with Crippen molar-refractivity contribution in [1.82, 2.24) is 0 Å². The smallest absolute Gasteiger partial charge is 0.340 e. The highest BCUT2D eigenvalue weighted by Crippen LogP contribution is 2.26. The van der Waals surface area contributed by atoms with Gasteiger partial charge in [0, 0.05) is 16.7 Å². The van der Waals surface area contributed by atoms with E-state index in [2.05, 4.69) is 11.3 Å². The second kappa shape index (κ2) is 4.09. The maximum absolute atomic E-state index is 11.1. The molecule has 0 spiro atoms. The highest BCUT2D eigenvalue weighted by Gasteiger charge is 2.14. The van der Waals surface area contributed by atoms with E-state index in [0.29, 0.717) is 17.7 Å². The Morgan fingerprint density at radius 1 is 1.85 bits per heavy atom. The Morgan fingerprint density at radius 3 is 3.08 bits per heavy atom. The number of nitrogen functional groups attached to an aromatic ring is 1. The Balaban J connectivity index is 2.98. The molecular formula is C9H11NO2S. The summed E-state index contributed by atoms with van der Waals surface area (Å²) >= 11 is 1.45. The summed E-state index contributed by atoms with van der Waals surface area (Å²) in [6.45, 7) is 3.61. The predicted molar refractivity (Wildman–Crippen MR) is 54.0 cm³/mol. The van der Waals surface area contributed by atoms with Crippen molar-refractivity contribution in [2.24, 2.45) is 0 Å². The molecule has 0 aliphatic carbocycles. The molecule has 1 rings (SSSR count). The lowest BCUT2D eigenvalue weighted by Gasteiger charge is -1.98. The quantitative estimate of drug-likeness (QED) is 0.594. The Bertz CT molecular complexity index is 330. The molecule has 3 nitrogen and oxygen atoms in total. The van der Waals surface area contributed by atoms with Gasteiger partial charge in [0.2, 0.25) is 0 Å². The molecule has 0 atom stereocenters. The van der Waals surface area contributed by atoms with Crippen LogP contribution in [0.1, 0.15) is 15.2 Å². The standard InChI is InChI=1S/C9H11NO2S/c1-3-4-7-8(10)6(5-13-7)9(11)12-2/h3,5H,1,4,10H2,2H3. The van der Waals surface area contributed by atoms with Crippen LogP contribution in [0.4, 0.5) is 5.69 Å². The molecule has 0 fully saturated rings. The second-order valence-corrected chi connectivity index (χ2v) is 3.43. The molecule has 0 bridgehead atoms. The minimum absolute atomic E-state index is 0.385. The molecule has 0 aliphatic rings. The number of carbonyl (C=O) groups is 1. The molecule has 0 radical (unpaired) electrons. The summed E-state index contributed by atoms with van der Waals surface area (Å²) in [6, 6.07) is 0. The Kier molecular flexibility index (Phi) is 3.08. The van der Waals surface area contributed by atoms with Crippen molar-refractivity contribution in [2.75, 3.05) is 12.8 Å². The molecule has 0 saturated carbocycles. The lowest BCUT2D eigenvalue weighted by molar-refractivity contribution is 0.0602.